The SMILES string of the molecule is c1cc(NC2C3CNCC32)ncn1. The fourth-order valence-electron chi connectivity index (χ4n) is 2.18. The van der Waals surface area contributed by atoms with Crippen LogP contribution in [-0.4, -0.2) is 29.1 Å². The van der Waals surface area contributed by atoms with E-state index in [1.807, 2.05) is 6.07 Å². The third-order valence-electron chi connectivity index (χ3n) is 2.99. The minimum absolute atomic E-state index is 0.649. The first-order valence-corrected chi connectivity index (χ1v) is 4.68. The van der Waals surface area contributed by atoms with Crippen LogP contribution in [0.3, 0.4) is 0 Å². The van der Waals surface area contributed by atoms with Crippen molar-refractivity contribution >= 4 is 5.82 Å². The van der Waals surface area contributed by atoms with E-state index in [0.717, 1.165) is 30.7 Å². The van der Waals surface area contributed by atoms with Crippen LogP contribution in [0.15, 0.2) is 18.6 Å². The third-order valence-corrected chi connectivity index (χ3v) is 2.99. The summed E-state index contributed by atoms with van der Waals surface area (Å²) in [5.74, 6) is 2.61. The van der Waals surface area contributed by atoms with Gasteiger partial charge in [0.05, 0.1) is 0 Å². The van der Waals surface area contributed by atoms with Gasteiger partial charge in [-0.15, -0.1) is 0 Å². The molecule has 1 aromatic rings. The molecule has 1 aromatic heterocycles. The van der Waals surface area contributed by atoms with Crippen LogP contribution >= 0.6 is 0 Å². The lowest BCUT2D eigenvalue weighted by molar-refractivity contribution is 0.695. The summed E-state index contributed by atoms with van der Waals surface area (Å²) >= 11 is 0. The van der Waals surface area contributed by atoms with Crippen molar-refractivity contribution in [2.75, 3.05) is 18.4 Å². The molecule has 4 heteroatoms. The first-order chi connectivity index (χ1) is 6.45. The molecule has 1 aliphatic heterocycles. The molecule has 0 bridgehead atoms. The van der Waals surface area contributed by atoms with Gasteiger partial charge in [0.25, 0.3) is 0 Å². The highest BCUT2D eigenvalue weighted by Crippen LogP contribution is 2.43. The summed E-state index contributed by atoms with van der Waals surface area (Å²) in [6, 6.07) is 2.57. The second-order valence-corrected chi connectivity index (χ2v) is 3.75. The third kappa shape index (κ3) is 1.18. The van der Waals surface area contributed by atoms with Crippen molar-refractivity contribution in [2.45, 2.75) is 6.04 Å². The average Bonchev–Trinajstić information content (AvgIpc) is 2.65. The highest BCUT2D eigenvalue weighted by atomic mass is 15.1. The maximum absolute atomic E-state index is 4.14. The Morgan fingerprint density at radius 1 is 1.38 bits per heavy atom. The lowest BCUT2D eigenvalue weighted by Gasteiger charge is -2.06. The van der Waals surface area contributed by atoms with Crippen LogP contribution < -0.4 is 10.6 Å². The first kappa shape index (κ1) is 7.26. The van der Waals surface area contributed by atoms with Gasteiger partial charge < -0.3 is 10.6 Å². The second-order valence-electron chi connectivity index (χ2n) is 3.75. The molecule has 2 atom stereocenters. The molecule has 13 heavy (non-hydrogen) atoms. The Balaban J connectivity index is 1.66. The minimum atomic E-state index is 0.649. The van der Waals surface area contributed by atoms with Gasteiger partial charge >= 0.3 is 0 Å². The van der Waals surface area contributed by atoms with Crippen LogP contribution in [0.5, 0.6) is 0 Å². The zero-order valence-corrected chi connectivity index (χ0v) is 7.27. The predicted octanol–water partition coefficient (Wildman–Crippen LogP) is 0.106. The summed E-state index contributed by atoms with van der Waals surface area (Å²) in [6.45, 7) is 2.32. The van der Waals surface area contributed by atoms with Gasteiger partial charge in [0, 0.05) is 25.3 Å². The normalized spacial score (nSPS) is 35.5. The van der Waals surface area contributed by atoms with Gasteiger partial charge in [0.2, 0.25) is 0 Å². The zero-order valence-electron chi connectivity index (χ0n) is 7.27. The van der Waals surface area contributed by atoms with E-state index >= 15 is 0 Å². The van der Waals surface area contributed by atoms with E-state index < -0.39 is 0 Å². The number of hydrogen-bond donors (Lipinski definition) is 2. The summed E-state index contributed by atoms with van der Waals surface area (Å²) in [6.07, 6.45) is 3.35. The molecule has 2 N–H and O–H groups in total. The highest BCUT2D eigenvalue weighted by Gasteiger charge is 2.52. The smallest absolute Gasteiger partial charge is 0.129 e. The average molecular weight is 176 g/mol. The van der Waals surface area contributed by atoms with E-state index in [1.54, 1.807) is 12.5 Å². The molecule has 1 saturated carbocycles. The van der Waals surface area contributed by atoms with Gasteiger partial charge in [-0.3, -0.25) is 0 Å². The fraction of sp³-hybridized carbons (Fsp3) is 0.556. The van der Waals surface area contributed by atoms with Gasteiger partial charge in [-0.2, -0.15) is 0 Å². The maximum atomic E-state index is 4.14. The van der Waals surface area contributed by atoms with E-state index in [4.69, 9.17) is 0 Å². The van der Waals surface area contributed by atoms with E-state index in [9.17, 15) is 0 Å². The van der Waals surface area contributed by atoms with Crippen molar-refractivity contribution in [1.29, 1.82) is 0 Å². The Kier molecular flexibility index (Phi) is 1.49. The van der Waals surface area contributed by atoms with Crippen LogP contribution in [0.25, 0.3) is 0 Å². The lowest BCUT2D eigenvalue weighted by atomic mass is 10.4. The van der Waals surface area contributed by atoms with Crippen molar-refractivity contribution in [3.63, 3.8) is 0 Å². The topological polar surface area (TPSA) is 49.8 Å². The largest absolute Gasteiger partial charge is 0.367 e. The molecule has 1 aliphatic carbocycles. The molecule has 0 radical (unpaired) electrons. The zero-order chi connectivity index (χ0) is 8.67. The summed E-state index contributed by atoms with van der Waals surface area (Å²) in [4.78, 5) is 8.03. The molecule has 0 amide bonds. The molecular weight excluding hydrogens is 164 g/mol. The predicted molar refractivity (Wildman–Crippen MR) is 49.3 cm³/mol. The Morgan fingerprint density at radius 3 is 2.92 bits per heavy atom. The molecule has 2 heterocycles. The molecule has 2 fully saturated rings. The Hall–Kier alpha value is -1.16. The highest BCUT2D eigenvalue weighted by molar-refractivity contribution is 5.37. The summed E-state index contributed by atoms with van der Waals surface area (Å²) < 4.78 is 0. The summed E-state index contributed by atoms with van der Waals surface area (Å²) in [5, 5.41) is 6.79. The van der Waals surface area contributed by atoms with Gasteiger partial charge in [-0.1, -0.05) is 0 Å². The van der Waals surface area contributed by atoms with E-state index in [2.05, 4.69) is 20.6 Å². The van der Waals surface area contributed by atoms with E-state index in [0.29, 0.717) is 6.04 Å². The van der Waals surface area contributed by atoms with Crippen LogP contribution in [-0.2, 0) is 0 Å². The number of nitrogens with one attached hydrogen (secondary N) is 2. The molecule has 2 aliphatic rings. The molecule has 4 nitrogen and oxygen atoms in total. The number of nitrogens with zero attached hydrogens (tertiary/aromatic N) is 2. The molecule has 2 unspecified atom stereocenters. The van der Waals surface area contributed by atoms with Crippen molar-refractivity contribution < 1.29 is 0 Å². The van der Waals surface area contributed by atoms with Gasteiger partial charge in [-0.05, 0) is 17.9 Å². The molecule has 0 aromatic carbocycles. The van der Waals surface area contributed by atoms with Crippen LogP contribution in [0, 0.1) is 11.8 Å². The number of aromatic nitrogens is 2. The Labute approximate surface area is 76.8 Å². The number of fused-ring (bicyclic) bond motifs is 1. The van der Waals surface area contributed by atoms with Crippen LogP contribution in [0.1, 0.15) is 0 Å². The number of piperidine rings is 1. The molecule has 68 valence electrons. The van der Waals surface area contributed by atoms with E-state index in [-0.39, 0.29) is 0 Å². The first-order valence-electron chi connectivity index (χ1n) is 4.68. The summed E-state index contributed by atoms with van der Waals surface area (Å²) in [7, 11) is 0. The quantitative estimate of drug-likeness (QED) is 0.671. The molecular formula is C9H12N4. The molecule has 1 saturated heterocycles. The van der Waals surface area contributed by atoms with Crippen LogP contribution in [0.4, 0.5) is 5.82 Å². The van der Waals surface area contributed by atoms with Crippen molar-refractivity contribution in [3.05, 3.63) is 18.6 Å². The molecule has 3 rings (SSSR count). The standard InChI is InChI=1S/C9H12N4/c1-2-10-5-12-8(1)13-9-6-3-11-4-7(6)9/h1-2,5-7,9,11H,3-4H2,(H,10,12,13). The van der Waals surface area contributed by atoms with Crippen molar-refractivity contribution in [1.82, 2.24) is 15.3 Å². The monoisotopic (exact) mass is 176 g/mol. The lowest BCUT2D eigenvalue weighted by Crippen LogP contribution is -2.21. The Morgan fingerprint density at radius 2 is 2.23 bits per heavy atom. The number of anilines is 1. The van der Waals surface area contributed by atoms with Gasteiger partial charge in [0.1, 0.15) is 12.1 Å². The van der Waals surface area contributed by atoms with Crippen molar-refractivity contribution in [3.8, 4) is 0 Å². The van der Waals surface area contributed by atoms with Gasteiger partial charge in [-0.25, -0.2) is 9.97 Å². The minimum Gasteiger partial charge on any atom is -0.367 e. The van der Waals surface area contributed by atoms with E-state index in [1.165, 1.54) is 0 Å². The second kappa shape index (κ2) is 2.67. The molecule has 0 spiro atoms. The fourth-order valence-corrected chi connectivity index (χ4v) is 2.18. The maximum Gasteiger partial charge on any atom is 0.129 e. The summed E-state index contributed by atoms with van der Waals surface area (Å²) in [5.41, 5.74) is 0. The number of hydrogen-bond acceptors (Lipinski definition) is 4. The van der Waals surface area contributed by atoms with Crippen molar-refractivity contribution in [2.24, 2.45) is 11.8 Å². The van der Waals surface area contributed by atoms with Crippen LogP contribution in [0.2, 0.25) is 0 Å². The number of rotatable bonds is 2. The Bertz CT molecular complexity index is 290. The van der Waals surface area contributed by atoms with Gasteiger partial charge in [0.15, 0.2) is 0 Å².